The van der Waals surface area contributed by atoms with Gasteiger partial charge in [0.25, 0.3) is 0 Å². The number of aliphatic hydroxyl groups excluding tert-OH is 1. The number of nitrogens with one attached hydrogen (secondary N) is 2. The second-order valence-electron chi connectivity index (χ2n) is 6.91. The summed E-state index contributed by atoms with van der Waals surface area (Å²) in [4.78, 5) is 15.6. The molecule has 0 aliphatic heterocycles. The van der Waals surface area contributed by atoms with Crippen molar-refractivity contribution in [3.63, 3.8) is 0 Å². The molecule has 7 nitrogen and oxygen atoms in total. The van der Waals surface area contributed by atoms with Gasteiger partial charge in [0, 0.05) is 35.1 Å². The van der Waals surface area contributed by atoms with Gasteiger partial charge in [-0.15, -0.1) is 0 Å². The van der Waals surface area contributed by atoms with Crippen LogP contribution in [0, 0.1) is 5.82 Å². The fraction of sp³-hybridized carbons (Fsp3) is 0.278. The van der Waals surface area contributed by atoms with Gasteiger partial charge in [0.15, 0.2) is 11.5 Å². The molecular formula is C18H18F2N6O. The fourth-order valence-electron chi connectivity index (χ4n) is 2.88. The lowest BCUT2D eigenvalue weighted by Gasteiger charge is -2.14. The highest BCUT2D eigenvalue weighted by Gasteiger charge is 2.17. The van der Waals surface area contributed by atoms with Crippen molar-refractivity contribution in [2.45, 2.75) is 26.1 Å². The quantitative estimate of drug-likeness (QED) is 0.501. The van der Waals surface area contributed by atoms with Crippen LogP contribution in [0.5, 0.6) is 0 Å². The van der Waals surface area contributed by atoms with E-state index in [0.29, 0.717) is 33.8 Å². The van der Waals surface area contributed by atoms with E-state index in [4.69, 9.17) is 0 Å². The molecule has 4 rings (SSSR count). The number of aliphatic hydroxyl groups is 1. The van der Waals surface area contributed by atoms with Crippen LogP contribution in [-0.4, -0.2) is 41.7 Å². The molecule has 27 heavy (non-hydrogen) atoms. The number of fused-ring (bicyclic) bond motifs is 2. The zero-order valence-electron chi connectivity index (χ0n) is 14.8. The molecule has 0 spiro atoms. The minimum absolute atomic E-state index is 0.0819. The highest BCUT2D eigenvalue weighted by atomic mass is 19.1. The summed E-state index contributed by atoms with van der Waals surface area (Å²) in [5.74, 6) is -0.189. The zero-order valence-corrected chi connectivity index (χ0v) is 14.8. The SMILES string of the molecule is CC(C)(F)CNc1ncc2c(-c3cc(F)c4ncc(CO)n4c3)c[nH]c2n1. The molecule has 140 valence electrons. The van der Waals surface area contributed by atoms with Gasteiger partial charge < -0.3 is 15.4 Å². The van der Waals surface area contributed by atoms with Crippen molar-refractivity contribution in [3.8, 4) is 11.1 Å². The van der Waals surface area contributed by atoms with Crippen LogP contribution >= 0.6 is 0 Å². The topological polar surface area (TPSA) is 91.1 Å². The van der Waals surface area contributed by atoms with Crippen molar-refractivity contribution in [3.05, 3.63) is 42.4 Å². The molecule has 0 atom stereocenters. The number of pyridine rings is 1. The van der Waals surface area contributed by atoms with Crippen molar-refractivity contribution in [1.82, 2.24) is 24.3 Å². The fourth-order valence-corrected chi connectivity index (χ4v) is 2.88. The van der Waals surface area contributed by atoms with E-state index in [1.54, 1.807) is 18.6 Å². The van der Waals surface area contributed by atoms with E-state index >= 15 is 0 Å². The number of aromatic nitrogens is 5. The van der Waals surface area contributed by atoms with Gasteiger partial charge in [-0.3, -0.25) is 4.40 Å². The number of hydrogen-bond acceptors (Lipinski definition) is 5. The molecule has 0 aromatic carbocycles. The molecule has 3 N–H and O–H groups in total. The molecule has 0 saturated carbocycles. The Hall–Kier alpha value is -3.07. The van der Waals surface area contributed by atoms with E-state index in [0.717, 1.165) is 0 Å². The summed E-state index contributed by atoms with van der Waals surface area (Å²) >= 11 is 0. The Kier molecular flexibility index (Phi) is 4.03. The second-order valence-corrected chi connectivity index (χ2v) is 6.91. The van der Waals surface area contributed by atoms with Crippen molar-refractivity contribution in [1.29, 1.82) is 0 Å². The number of alkyl halides is 1. The van der Waals surface area contributed by atoms with Gasteiger partial charge in [-0.1, -0.05) is 0 Å². The summed E-state index contributed by atoms with van der Waals surface area (Å²) in [7, 11) is 0. The smallest absolute Gasteiger partial charge is 0.224 e. The average Bonchev–Trinajstić information content (AvgIpc) is 3.22. The number of nitrogens with zero attached hydrogens (tertiary/aromatic N) is 4. The third-order valence-electron chi connectivity index (χ3n) is 4.21. The van der Waals surface area contributed by atoms with E-state index in [-0.39, 0.29) is 18.8 Å². The number of halogens is 2. The Morgan fingerprint density at radius 3 is 2.85 bits per heavy atom. The van der Waals surface area contributed by atoms with E-state index < -0.39 is 11.5 Å². The van der Waals surface area contributed by atoms with Crippen molar-refractivity contribution < 1.29 is 13.9 Å². The molecule has 4 aromatic heterocycles. The van der Waals surface area contributed by atoms with Crippen molar-refractivity contribution >= 4 is 22.6 Å². The minimum atomic E-state index is -1.39. The summed E-state index contributed by atoms with van der Waals surface area (Å²) in [6.07, 6.45) is 6.45. The summed E-state index contributed by atoms with van der Waals surface area (Å²) in [5, 5.41) is 13.0. The van der Waals surface area contributed by atoms with E-state index in [1.807, 2.05) is 0 Å². The van der Waals surface area contributed by atoms with Crippen LogP contribution in [0.15, 0.2) is 30.9 Å². The monoisotopic (exact) mass is 372 g/mol. The molecule has 0 saturated heterocycles. The molecule has 0 bridgehead atoms. The number of hydrogen-bond donors (Lipinski definition) is 3. The molecule has 4 aromatic rings. The summed E-state index contributed by atoms with van der Waals surface area (Å²) < 4.78 is 29.6. The van der Waals surface area contributed by atoms with Crippen molar-refractivity contribution in [2.24, 2.45) is 0 Å². The molecule has 0 unspecified atom stereocenters. The van der Waals surface area contributed by atoms with Crippen LogP contribution in [0.1, 0.15) is 19.5 Å². The number of imidazole rings is 1. The zero-order chi connectivity index (χ0) is 19.2. The first-order chi connectivity index (χ1) is 12.9. The molecule has 0 aliphatic carbocycles. The van der Waals surface area contributed by atoms with E-state index in [2.05, 4.69) is 25.3 Å². The van der Waals surface area contributed by atoms with E-state index in [1.165, 1.54) is 30.5 Å². The number of H-pyrrole nitrogens is 1. The molecule has 0 fully saturated rings. The first-order valence-electron chi connectivity index (χ1n) is 8.39. The summed E-state index contributed by atoms with van der Waals surface area (Å²) in [5.41, 5.74) is 1.10. The lowest BCUT2D eigenvalue weighted by molar-refractivity contribution is 0.234. The van der Waals surface area contributed by atoms with Crippen LogP contribution in [0.4, 0.5) is 14.7 Å². The molecular weight excluding hydrogens is 354 g/mol. The average molecular weight is 372 g/mol. The van der Waals surface area contributed by atoms with Crippen LogP contribution in [-0.2, 0) is 6.61 Å². The maximum Gasteiger partial charge on any atom is 0.224 e. The number of anilines is 1. The van der Waals surface area contributed by atoms with Gasteiger partial charge in [-0.25, -0.2) is 18.7 Å². The summed E-state index contributed by atoms with van der Waals surface area (Å²) in [6, 6.07) is 1.38. The maximum absolute atomic E-state index is 14.4. The lowest BCUT2D eigenvalue weighted by Crippen LogP contribution is -2.25. The van der Waals surface area contributed by atoms with Crippen LogP contribution in [0.2, 0.25) is 0 Å². The van der Waals surface area contributed by atoms with Crippen molar-refractivity contribution in [2.75, 3.05) is 11.9 Å². The largest absolute Gasteiger partial charge is 0.390 e. The van der Waals surface area contributed by atoms with E-state index in [9.17, 15) is 13.9 Å². The second kappa shape index (κ2) is 6.27. The Labute approximate surface area is 153 Å². The normalized spacial score (nSPS) is 12.2. The summed E-state index contributed by atoms with van der Waals surface area (Å²) in [6.45, 7) is 2.76. The minimum Gasteiger partial charge on any atom is -0.390 e. The Morgan fingerprint density at radius 1 is 1.30 bits per heavy atom. The van der Waals surface area contributed by atoms with Crippen LogP contribution in [0.25, 0.3) is 27.8 Å². The molecule has 0 amide bonds. The highest BCUT2D eigenvalue weighted by Crippen LogP contribution is 2.29. The lowest BCUT2D eigenvalue weighted by atomic mass is 10.1. The Bertz CT molecular complexity index is 1130. The third kappa shape index (κ3) is 3.21. The Morgan fingerprint density at radius 2 is 2.11 bits per heavy atom. The predicted octanol–water partition coefficient (Wildman–Crippen LogP) is 3.06. The Balaban J connectivity index is 1.75. The van der Waals surface area contributed by atoms with Gasteiger partial charge in [0.05, 0.1) is 25.0 Å². The molecule has 0 radical (unpaired) electrons. The van der Waals surface area contributed by atoms with Gasteiger partial charge in [-0.2, -0.15) is 4.98 Å². The highest BCUT2D eigenvalue weighted by molar-refractivity contribution is 5.93. The molecule has 0 aliphatic rings. The maximum atomic E-state index is 14.4. The first kappa shape index (κ1) is 17.3. The standard InChI is InChI=1S/C18H18F2N6O/c1-18(2,20)9-24-17-23-6-13-12(5-21-15(13)25-17)10-3-14(19)16-22-4-11(8-27)26(16)7-10/h3-7,27H,8-9H2,1-2H3,(H2,21,23,24,25). The first-order valence-corrected chi connectivity index (χ1v) is 8.39. The van der Waals surface area contributed by atoms with Gasteiger partial charge in [0.2, 0.25) is 5.95 Å². The number of aromatic amines is 1. The van der Waals surface area contributed by atoms with Gasteiger partial charge >= 0.3 is 0 Å². The number of rotatable bonds is 5. The molecule has 4 heterocycles. The van der Waals surface area contributed by atoms with Crippen LogP contribution in [0.3, 0.4) is 0 Å². The van der Waals surface area contributed by atoms with Gasteiger partial charge in [0.1, 0.15) is 11.3 Å². The van der Waals surface area contributed by atoms with Gasteiger partial charge in [-0.05, 0) is 19.9 Å². The molecule has 9 heteroatoms. The third-order valence-corrected chi connectivity index (χ3v) is 4.21. The van der Waals surface area contributed by atoms with Crippen LogP contribution < -0.4 is 5.32 Å². The predicted molar refractivity (Wildman–Crippen MR) is 97.6 cm³/mol.